The van der Waals surface area contributed by atoms with E-state index in [0.717, 1.165) is 4.70 Å². The summed E-state index contributed by atoms with van der Waals surface area (Å²) in [6, 6.07) is 10.5. The Morgan fingerprint density at radius 1 is 1.28 bits per heavy atom. The second-order valence-corrected chi connectivity index (χ2v) is 8.51. The summed E-state index contributed by atoms with van der Waals surface area (Å²) in [6.07, 6.45) is 0. The van der Waals surface area contributed by atoms with Crippen molar-refractivity contribution < 1.29 is 14.5 Å². The molecule has 1 aliphatic heterocycles. The second-order valence-electron chi connectivity index (χ2n) is 5.97. The molecule has 0 spiro atoms. The second kappa shape index (κ2) is 7.85. The van der Waals surface area contributed by atoms with Crippen LogP contribution in [0.4, 0.5) is 15.6 Å². The molecule has 2 N–H and O–H groups in total. The molecule has 0 radical (unpaired) electrons. The number of nitrogens with zero attached hydrogens (tertiary/aromatic N) is 3. The summed E-state index contributed by atoms with van der Waals surface area (Å²) in [5, 5.41) is 15.1. The smallest absolute Gasteiger partial charge is 0.282 e. The third-order valence-corrected chi connectivity index (χ3v) is 6.43. The first-order valence-electron chi connectivity index (χ1n) is 8.22. The van der Waals surface area contributed by atoms with Gasteiger partial charge in [0, 0.05) is 17.2 Å². The predicted molar refractivity (Wildman–Crippen MR) is 112 cm³/mol. The van der Waals surface area contributed by atoms with Crippen LogP contribution in [0.25, 0.3) is 10.2 Å². The topological polar surface area (TPSA) is 117 Å². The van der Waals surface area contributed by atoms with Crippen LogP contribution >= 0.6 is 34.7 Å². The molecule has 1 unspecified atom stereocenters. The molecular formula is C17H12ClN5O4S2. The first-order valence-corrected chi connectivity index (χ1v) is 10.5. The minimum atomic E-state index is -0.613. The lowest BCUT2D eigenvalue weighted by Gasteiger charge is -2.24. The Labute approximate surface area is 177 Å². The molecule has 1 aromatic heterocycles. The standard InChI is InChI=1S/C17H12ClN5O4S2/c18-10-3-6-12-13(7-10)29-17(19-12)20-16(25)21-22-14(24)8-28-15(22)9-1-4-11(5-2-9)23(26)27/h1-7,15H,8H2,(H2,19,20,21,25). The van der Waals surface area contributed by atoms with E-state index in [0.29, 0.717) is 21.2 Å². The number of aromatic nitrogens is 1. The number of fused-ring (bicyclic) bond motifs is 1. The highest BCUT2D eigenvalue weighted by atomic mass is 35.5. The van der Waals surface area contributed by atoms with E-state index in [-0.39, 0.29) is 17.3 Å². The van der Waals surface area contributed by atoms with E-state index in [1.807, 2.05) is 0 Å². The summed E-state index contributed by atoms with van der Waals surface area (Å²) in [4.78, 5) is 39.3. The molecule has 29 heavy (non-hydrogen) atoms. The van der Waals surface area contributed by atoms with Crippen LogP contribution in [0.3, 0.4) is 0 Å². The summed E-state index contributed by atoms with van der Waals surface area (Å²) < 4.78 is 0.823. The zero-order chi connectivity index (χ0) is 20.5. The Morgan fingerprint density at radius 3 is 2.76 bits per heavy atom. The Balaban J connectivity index is 1.47. The Kier molecular flexibility index (Phi) is 5.26. The lowest BCUT2D eigenvalue weighted by atomic mass is 10.2. The maximum Gasteiger partial charge on any atom is 0.339 e. The van der Waals surface area contributed by atoms with Crippen molar-refractivity contribution in [3.63, 3.8) is 0 Å². The highest BCUT2D eigenvalue weighted by Gasteiger charge is 2.34. The third kappa shape index (κ3) is 4.11. The highest BCUT2D eigenvalue weighted by Crippen LogP contribution is 2.37. The molecule has 12 heteroatoms. The fourth-order valence-electron chi connectivity index (χ4n) is 2.74. The number of carbonyl (C=O) groups excluding carboxylic acids is 2. The molecule has 3 amide bonds. The summed E-state index contributed by atoms with van der Waals surface area (Å²) >= 11 is 8.54. The van der Waals surface area contributed by atoms with E-state index in [1.54, 1.807) is 30.3 Å². The molecule has 9 nitrogen and oxygen atoms in total. The molecule has 4 rings (SSSR count). The number of amides is 3. The van der Waals surface area contributed by atoms with Crippen LogP contribution < -0.4 is 10.7 Å². The lowest BCUT2D eigenvalue weighted by Crippen LogP contribution is -2.46. The van der Waals surface area contributed by atoms with Gasteiger partial charge in [0.05, 0.1) is 20.9 Å². The number of hydrazine groups is 1. The van der Waals surface area contributed by atoms with Gasteiger partial charge < -0.3 is 0 Å². The van der Waals surface area contributed by atoms with Gasteiger partial charge in [-0.3, -0.25) is 20.2 Å². The zero-order valence-corrected chi connectivity index (χ0v) is 16.9. The molecule has 148 valence electrons. The Hall–Kier alpha value is -2.89. The van der Waals surface area contributed by atoms with Gasteiger partial charge in [-0.2, -0.15) is 0 Å². The number of thiazole rings is 1. The SMILES string of the molecule is O=C(Nc1nc2ccc(Cl)cc2s1)NN1C(=O)CSC1c1ccc([N+](=O)[O-])cc1. The molecular weight excluding hydrogens is 438 g/mol. The first kappa shape index (κ1) is 19.4. The molecule has 0 saturated carbocycles. The largest absolute Gasteiger partial charge is 0.339 e. The number of non-ortho nitro benzene ring substituents is 1. The van der Waals surface area contributed by atoms with Gasteiger partial charge in [0.1, 0.15) is 5.37 Å². The van der Waals surface area contributed by atoms with Crippen LogP contribution in [0.15, 0.2) is 42.5 Å². The van der Waals surface area contributed by atoms with Crippen LogP contribution in [0.5, 0.6) is 0 Å². The number of benzene rings is 2. The van der Waals surface area contributed by atoms with E-state index in [2.05, 4.69) is 15.7 Å². The van der Waals surface area contributed by atoms with Gasteiger partial charge in [-0.05, 0) is 35.9 Å². The molecule has 2 aromatic carbocycles. The fourth-order valence-corrected chi connectivity index (χ4v) is 4.98. The van der Waals surface area contributed by atoms with Crippen LogP contribution in [0, 0.1) is 10.1 Å². The predicted octanol–water partition coefficient (Wildman–Crippen LogP) is 4.17. The number of hydrogen-bond donors (Lipinski definition) is 2. The molecule has 1 atom stereocenters. The van der Waals surface area contributed by atoms with Crippen LogP contribution in [-0.2, 0) is 4.79 Å². The van der Waals surface area contributed by atoms with Gasteiger partial charge in [-0.1, -0.05) is 22.9 Å². The van der Waals surface area contributed by atoms with Gasteiger partial charge >= 0.3 is 6.03 Å². The maximum atomic E-state index is 12.4. The van der Waals surface area contributed by atoms with Crippen LogP contribution in [0.2, 0.25) is 5.02 Å². The minimum Gasteiger partial charge on any atom is -0.282 e. The van der Waals surface area contributed by atoms with Crippen molar-refractivity contribution in [3.8, 4) is 0 Å². The summed E-state index contributed by atoms with van der Waals surface area (Å²) in [5.74, 6) is -0.0914. The van der Waals surface area contributed by atoms with Gasteiger partial charge in [0.25, 0.3) is 11.6 Å². The molecule has 2 heterocycles. The van der Waals surface area contributed by atoms with Gasteiger partial charge in [-0.15, -0.1) is 11.8 Å². The third-order valence-electron chi connectivity index (χ3n) is 4.05. The first-order chi connectivity index (χ1) is 13.9. The summed E-state index contributed by atoms with van der Waals surface area (Å²) in [7, 11) is 0. The van der Waals surface area contributed by atoms with Gasteiger partial charge in [0.2, 0.25) is 0 Å². The average Bonchev–Trinajstić information content (AvgIpc) is 3.24. The molecule has 0 bridgehead atoms. The number of hydrogen-bond acceptors (Lipinski definition) is 7. The number of anilines is 1. The van der Waals surface area contributed by atoms with Gasteiger partial charge in [0.15, 0.2) is 5.13 Å². The van der Waals surface area contributed by atoms with Crippen molar-refractivity contribution in [2.75, 3.05) is 11.1 Å². The monoisotopic (exact) mass is 449 g/mol. The molecule has 1 fully saturated rings. The highest BCUT2D eigenvalue weighted by molar-refractivity contribution is 8.00. The zero-order valence-electron chi connectivity index (χ0n) is 14.5. The number of nitro groups is 1. The Bertz CT molecular complexity index is 1120. The van der Waals surface area contributed by atoms with Crippen molar-refractivity contribution >= 4 is 67.7 Å². The number of carbonyl (C=O) groups is 2. The molecule has 0 aliphatic carbocycles. The van der Waals surface area contributed by atoms with Crippen molar-refractivity contribution in [1.82, 2.24) is 15.4 Å². The van der Waals surface area contributed by atoms with E-state index < -0.39 is 16.3 Å². The normalized spacial score (nSPS) is 16.2. The van der Waals surface area contributed by atoms with Crippen molar-refractivity contribution in [1.29, 1.82) is 0 Å². The molecule has 1 aliphatic rings. The van der Waals surface area contributed by atoms with Crippen molar-refractivity contribution in [2.45, 2.75) is 5.37 Å². The quantitative estimate of drug-likeness (QED) is 0.456. The summed E-state index contributed by atoms with van der Waals surface area (Å²) in [6.45, 7) is 0. The van der Waals surface area contributed by atoms with E-state index in [4.69, 9.17) is 11.6 Å². The minimum absolute atomic E-state index is 0.0451. The number of rotatable bonds is 4. The lowest BCUT2D eigenvalue weighted by molar-refractivity contribution is -0.384. The summed E-state index contributed by atoms with van der Waals surface area (Å²) in [5.41, 5.74) is 3.86. The number of urea groups is 1. The van der Waals surface area contributed by atoms with Crippen molar-refractivity contribution in [2.24, 2.45) is 0 Å². The number of thioether (sulfide) groups is 1. The van der Waals surface area contributed by atoms with Crippen LogP contribution in [-0.4, -0.2) is 32.6 Å². The van der Waals surface area contributed by atoms with E-state index in [1.165, 1.54) is 40.2 Å². The van der Waals surface area contributed by atoms with Crippen molar-refractivity contribution in [3.05, 3.63) is 63.2 Å². The van der Waals surface area contributed by atoms with E-state index in [9.17, 15) is 19.7 Å². The molecule has 3 aromatic rings. The Morgan fingerprint density at radius 2 is 2.03 bits per heavy atom. The average molecular weight is 450 g/mol. The maximum absolute atomic E-state index is 12.4. The fraction of sp³-hybridized carbons (Fsp3) is 0.118. The van der Waals surface area contributed by atoms with Gasteiger partial charge in [-0.25, -0.2) is 20.2 Å². The number of halogens is 1. The number of nitrogens with one attached hydrogen (secondary N) is 2. The number of nitro benzene ring substituents is 1. The van der Waals surface area contributed by atoms with Crippen LogP contribution in [0.1, 0.15) is 10.9 Å². The molecule has 1 saturated heterocycles. The van der Waals surface area contributed by atoms with E-state index >= 15 is 0 Å².